The predicted molar refractivity (Wildman–Crippen MR) is 129 cm³/mol. The van der Waals surface area contributed by atoms with Gasteiger partial charge in [-0.15, -0.1) is 0 Å². The summed E-state index contributed by atoms with van der Waals surface area (Å²) < 4.78 is 5.77. The quantitative estimate of drug-likeness (QED) is 0.308. The van der Waals surface area contributed by atoms with Crippen LogP contribution < -0.4 is 9.64 Å². The lowest BCUT2D eigenvalue weighted by Gasteiger charge is -2.19. The van der Waals surface area contributed by atoms with Crippen LogP contribution in [0, 0.1) is 0 Å². The van der Waals surface area contributed by atoms with Crippen molar-refractivity contribution in [2.75, 3.05) is 11.9 Å². The topological polar surface area (TPSA) is 66.8 Å². The van der Waals surface area contributed by atoms with Crippen LogP contribution in [0.2, 0.25) is 5.02 Å². The summed E-state index contributed by atoms with van der Waals surface area (Å²) in [7, 11) is 1.92. The van der Waals surface area contributed by atoms with E-state index in [0.717, 1.165) is 11.4 Å². The third-order valence-corrected chi connectivity index (χ3v) is 5.38. The molecule has 0 saturated heterocycles. The van der Waals surface area contributed by atoms with Crippen molar-refractivity contribution >= 4 is 34.7 Å². The van der Waals surface area contributed by atoms with Gasteiger partial charge in [0.15, 0.2) is 5.78 Å². The first-order valence-electron chi connectivity index (χ1n) is 10.2. The molecule has 0 spiro atoms. The number of aromatic carboxylic acids is 1. The van der Waals surface area contributed by atoms with E-state index >= 15 is 0 Å². The normalized spacial score (nSPS) is 10.5. The number of hydrogen-bond acceptors (Lipinski definition) is 4. The van der Waals surface area contributed by atoms with Crippen molar-refractivity contribution in [1.82, 2.24) is 0 Å². The number of carboxylic acid groups (broad SMARTS) is 1. The molecule has 0 aromatic heterocycles. The van der Waals surface area contributed by atoms with E-state index in [4.69, 9.17) is 16.3 Å². The number of anilines is 2. The lowest BCUT2D eigenvalue weighted by molar-refractivity contribution is 0.0696. The minimum absolute atomic E-state index is 0.0223. The number of halogens is 1. The summed E-state index contributed by atoms with van der Waals surface area (Å²) in [6, 6.07) is 27.8. The van der Waals surface area contributed by atoms with E-state index in [2.05, 4.69) is 0 Å². The lowest BCUT2D eigenvalue weighted by Crippen LogP contribution is -2.10. The van der Waals surface area contributed by atoms with Crippen LogP contribution in [0.3, 0.4) is 0 Å². The van der Waals surface area contributed by atoms with Crippen LogP contribution in [0.1, 0.15) is 26.3 Å². The summed E-state index contributed by atoms with van der Waals surface area (Å²) in [6.45, 7) is 0. The highest BCUT2D eigenvalue weighted by molar-refractivity contribution is 6.30. The fourth-order valence-electron chi connectivity index (χ4n) is 3.35. The molecule has 0 heterocycles. The van der Waals surface area contributed by atoms with Crippen molar-refractivity contribution in [3.05, 3.63) is 119 Å². The molecular weight excluding hydrogens is 438 g/mol. The molecule has 33 heavy (non-hydrogen) atoms. The van der Waals surface area contributed by atoms with Gasteiger partial charge in [0.1, 0.15) is 11.5 Å². The van der Waals surface area contributed by atoms with Gasteiger partial charge in [-0.25, -0.2) is 4.79 Å². The van der Waals surface area contributed by atoms with E-state index in [1.807, 2.05) is 66.5 Å². The van der Waals surface area contributed by atoms with Crippen LogP contribution >= 0.6 is 11.6 Å². The number of carboxylic acids is 1. The molecule has 4 rings (SSSR count). The van der Waals surface area contributed by atoms with Crippen molar-refractivity contribution in [2.45, 2.75) is 0 Å². The average molecular weight is 458 g/mol. The smallest absolute Gasteiger partial charge is 0.335 e. The number of hydrogen-bond donors (Lipinski definition) is 1. The first kappa shape index (κ1) is 22.1. The van der Waals surface area contributed by atoms with Crippen LogP contribution in [0.15, 0.2) is 97.1 Å². The Kier molecular flexibility index (Phi) is 6.43. The van der Waals surface area contributed by atoms with E-state index in [1.165, 1.54) is 12.1 Å². The first-order valence-corrected chi connectivity index (χ1v) is 10.5. The second-order valence-electron chi connectivity index (χ2n) is 7.38. The van der Waals surface area contributed by atoms with E-state index in [-0.39, 0.29) is 22.7 Å². The van der Waals surface area contributed by atoms with Gasteiger partial charge in [0.2, 0.25) is 0 Å². The van der Waals surface area contributed by atoms with Crippen molar-refractivity contribution in [2.24, 2.45) is 0 Å². The van der Waals surface area contributed by atoms with Crippen LogP contribution in [0.4, 0.5) is 11.4 Å². The number of rotatable bonds is 7. The van der Waals surface area contributed by atoms with Gasteiger partial charge in [-0.1, -0.05) is 29.8 Å². The molecule has 0 amide bonds. The molecule has 4 aromatic rings. The Hall–Kier alpha value is -4.09. The molecule has 1 N–H and O–H groups in total. The number of nitrogens with zero attached hydrogens (tertiary/aromatic N) is 1. The van der Waals surface area contributed by atoms with E-state index in [0.29, 0.717) is 16.3 Å². The standard InChI is InChI=1S/C27H20ClNO4/c1-29(23-13-9-21(28)10-14-23)22-11-7-18(8-12-22)26(30)19-15-20(27(31)32)17-25(16-19)33-24-5-3-2-4-6-24/h2-17H,1H3,(H,31,32). The fraction of sp³-hybridized carbons (Fsp3) is 0.0370. The maximum atomic E-state index is 13.1. The van der Waals surface area contributed by atoms with Crippen molar-refractivity contribution in [3.8, 4) is 11.5 Å². The zero-order valence-electron chi connectivity index (χ0n) is 17.7. The highest BCUT2D eigenvalue weighted by Gasteiger charge is 2.16. The molecule has 164 valence electrons. The number of benzene rings is 4. The Bertz CT molecular complexity index is 1290. The predicted octanol–water partition coefficient (Wildman–Crippen LogP) is 6.83. The van der Waals surface area contributed by atoms with Gasteiger partial charge >= 0.3 is 5.97 Å². The van der Waals surface area contributed by atoms with Crippen molar-refractivity contribution in [3.63, 3.8) is 0 Å². The third kappa shape index (κ3) is 5.22. The summed E-state index contributed by atoms with van der Waals surface area (Å²) in [5.41, 5.74) is 2.50. The van der Waals surface area contributed by atoms with Crippen molar-refractivity contribution < 1.29 is 19.4 Å². The van der Waals surface area contributed by atoms with E-state index in [9.17, 15) is 14.7 Å². The number of para-hydroxylation sites is 1. The van der Waals surface area contributed by atoms with Gasteiger partial charge in [0, 0.05) is 34.6 Å². The van der Waals surface area contributed by atoms with Gasteiger partial charge in [-0.2, -0.15) is 0 Å². The zero-order valence-corrected chi connectivity index (χ0v) is 18.5. The highest BCUT2D eigenvalue weighted by atomic mass is 35.5. The first-order chi connectivity index (χ1) is 15.9. The lowest BCUT2D eigenvalue weighted by atomic mass is 10.0. The number of carbonyl (C=O) groups excluding carboxylic acids is 1. The van der Waals surface area contributed by atoms with Gasteiger partial charge in [-0.3, -0.25) is 4.79 Å². The molecule has 0 radical (unpaired) electrons. The summed E-state index contributed by atoms with van der Waals surface area (Å²) in [6.07, 6.45) is 0. The zero-order chi connectivity index (χ0) is 23.4. The van der Waals surface area contributed by atoms with Crippen LogP contribution in [0.5, 0.6) is 11.5 Å². The minimum Gasteiger partial charge on any atom is -0.478 e. The van der Waals surface area contributed by atoms with Crippen molar-refractivity contribution in [1.29, 1.82) is 0 Å². The highest BCUT2D eigenvalue weighted by Crippen LogP contribution is 2.28. The summed E-state index contributed by atoms with van der Waals surface area (Å²) >= 11 is 5.96. The minimum atomic E-state index is -1.14. The van der Waals surface area contributed by atoms with E-state index < -0.39 is 5.97 Å². The Morgan fingerprint density at radius 1 is 0.727 bits per heavy atom. The molecular formula is C27H20ClNO4. The molecule has 4 aromatic carbocycles. The van der Waals surface area contributed by atoms with Gasteiger partial charge in [-0.05, 0) is 78.9 Å². The molecule has 6 heteroatoms. The second-order valence-corrected chi connectivity index (χ2v) is 7.81. The summed E-state index contributed by atoms with van der Waals surface area (Å²) in [5, 5.41) is 10.2. The summed E-state index contributed by atoms with van der Waals surface area (Å²) in [5.74, 6) is -0.601. The summed E-state index contributed by atoms with van der Waals surface area (Å²) in [4.78, 5) is 26.7. The van der Waals surface area contributed by atoms with E-state index in [1.54, 1.807) is 30.3 Å². The largest absolute Gasteiger partial charge is 0.478 e. The van der Waals surface area contributed by atoms with Crippen LogP contribution in [0.25, 0.3) is 0 Å². The van der Waals surface area contributed by atoms with Gasteiger partial charge < -0.3 is 14.7 Å². The Labute approximate surface area is 196 Å². The number of ketones is 1. The fourth-order valence-corrected chi connectivity index (χ4v) is 3.48. The number of ether oxygens (including phenoxy) is 1. The Morgan fingerprint density at radius 3 is 1.91 bits per heavy atom. The molecule has 0 aliphatic heterocycles. The Morgan fingerprint density at radius 2 is 1.30 bits per heavy atom. The molecule has 0 saturated carbocycles. The molecule has 0 fully saturated rings. The van der Waals surface area contributed by atoms with Crippen LogP contribution in [-0.2, 0) is 0 Å². The maximum Gasteiger partial charge on any atom is 0.335 e. The molecule has 5 nitrogen and oxygen atoms in total. The maximum absolute atomic E-state index is 13.1. The molecule has 0 aliphatic carbocycles. The Balaban J connectivity index is 1.60. The second kappa shape index (κ2) is 9.59. The third-order valence-electron chi connectivity index (χ3n) is 5.13. The molecule has 0 unspecified atom stereocenters. The van der Waals surface area contributed by atoms with Crippen LogP contribution in [-0.4, -0.2) is 23.9 Å². The molecule has 0 aliphatic rings. The molecule has 0 atom stereocenters. The molecule has 0 bridgehead atoms. The van der Waals surface area contributed by atoms with Gasteiger partial charge in [0.25, 0.3) is 0 Å². The monoisotopic (exact) mass is 457 g/mol. The SMILES string of the molecule is CN(c1ccc(Cl)cc1)c1ccc(C(=O)c2cc(Oc3ccccc3)cc(C(=O)O)c2)cc1. The number of carbonyl (C=O) groups is 2. The average Bonchev–Trinajstić information content (AvgIpc) is 2.84. The van der Waals surface area contributed by atoms with Gasteiger partial charge in [0.05, 0.1) is 5.56 Å².